The normalized spacial score (nSPS) is 11.6. The van der Waals surface area contributed by atoms with Gasteiger partial charge < -0.3 is 16.4 Å². The van der Waals surface area contributed by atoms with Gasteiger partial charge in [0, 0.05) is 41.4 Å². The van der Waals surface area contributed by atoms with Crippen molar-refractivity contribution in [3.05, 3.63) is 132 Å². The number of aliphatic imine (C=N–C) groups is 1. The number of pyridine rings is 1. The first kappa shape index (κ1) is 26.2. The Kier molecular flexibility index (Phi) is 7.86. The number of carbonyl (C=O) groups is 1. The molecule has 0 aliphatic rings. The van der Waals surface area contributed by atoms with Gasteiger partial charge in [-0.15, -0.1) is 0 Å². The topological polar surface area (TPSA) is 92.4 Å². The maximum absolute atomic E-state index is 13.4. The largest absolute Gasteiger partial charge is 0.416 e. The molecule has 4 N–H and O–H groups in total. The van der Waals surface area contributed by atoms with Crippen LogP contribution < -0.4 is 16.4 Å². The summed E-state index contributed by atoms with van der Waals surface area (Å²) >= 11 is 0. The van der Waals surface area contributed by atoms with Gasteiger partial charge in [0.1, 0.15) is 5.84 Å². The van der Waals surface area contributed by atoms with E-state index >= 15 is 0 Å². The number of nitrogens with two attached hydrogens (primary N) is 1. The lowest BCUT2D eigenvalue weighted by Gasteiger charge is -2.16. The Morgan fingerprint density at radius 2 is 1.61 bits per heavy atom. The zero-order valence-electron chi connectivity index (χ0n) is 20.2. The van der Waals surface area contributed by atoms with Crippen LogP contribution in [0.4, 0.5) is 24.5 Å². The lowest BCUT2D eigenvalue weighted by molar-refractivity contribution is -0.138. The van der Waals surface area contributed by atoms with E-state index in [1.54, 1.807) is 67.0 Å². The maximum atomic E-state index is 13.4. The van der Waals surface area contributed by atoms with Gasteiger partial charge in [0.2, 0.25) is 0 Å². The molecule has 192 valence electrons. The van der Waals surface area contributed by atoms with Crippen molar-refractivity contribution in [3.8, 4) is 0 Å². The van der Waals surface area contributed by atoms with Crippen molar-refractivity contribution < 1.29 is 18.0 Å². The molecule has 1 heterocycles. The number of anilines is 1. The van der Waals surface area contributed by atoms with Crippen LogP contribution in [-0.2, 0) is 12.7 Å². The molecule has 0 aliphatic carbocycles. The van der Waals surface area contributed by atoms with E-state index < -0.39 is 17.6 Å². The van der Waals surface area contributed by atoms with E-state index in [0.717, 1.165) is 11.6 Å². The Bertz CT molecular complexity index is 1480. The summed E-state index contributed by atoms with van der Waals surface area (Å²) in [5.41, 5.74) is 8.10. The fraction of sp³-hybridized carbons (Fsp3) is 0.0690. The highest BCUT2D eigenvalue weighted by Crippen LogP contribution is 2.32. The molecule has 0 radical (unpaired) electrons. The van der Waals surface area contributed by atoms with E-state index in [9.17, 15) is 18.0 Å². The second-order valence-corrected chi connectivity index (χ2v) is 8.25. The van der Waals surface area contributed by atoms with E-state index in [-0.39, 0.29) is 17.7 Å². The summed E-state index contributed by atoms with van der Waals surface area (Å²) < 4.78 is 40.1. The third kappa shape index (κ3) is 6.25. The molecule has 6 nitrogen and oxygen atoms in total. The van der Waals surface area contributed by atoms with Gasteiger partial charge in [0.05, 0.1) is 16.8 Å². The summed E-state index contributed by atoms with van der Waals surface area (Å²) in [6, 6.07) is 22.3. The molecule has 3 aromatic carbocycles. The molecular formula is C29H24F3N5O. The Morgan fingerprint density at radius 1 is 0.921 bits per heavy atom. The minimum atomic E-state index is -4.53. The third-order valence-electron chi connectivity index (χ3n) is 5.64. The smallest absolute Gasteiger partial charge is 0.398 e. The molecule has 0 fully saturated rings. The Hall–Kier alpha value is -4.92. The van der Waals surface area contributed by atoms with Crippen LogP contribution >= 0.6 is 0 Å². The molecule has 0 saturated carbocycles. The monoisotopic (exact) mass is 515 g/mol. The summed E-state index contributed by atoms with van der Waals surface area (Å²) in [5.74, 6) is -0.243. The summed E-state index contributed by atoms with van der Waals surface area (Å²) in [6.45, 7) is 3.76. The molecular weight excluding hydrogens is 491 g/mol. The first-order chi connectivity index (χ1) is 18.2. The fourth-order valence-corrected chi connectivity index (χ4v) is 3.73. The van der Waals surface area contributed by atoms with Crippen molar-refractivity contribution >= 4 is 28.8 Å². The summed E-state index contributed by atoms with van der Waals surface area (Å²) in [5, 5.41) is 5.75. The number of rotatable bonds is 7. The fourth-order valence-electron chi connectivity index (χ4n) is 3.73. The number of amides is 1. The molecule has 1 aromatic heterocycles. The minimum Gasteiger partial charge on any atom is -0.398 e. The van der Waals surface area contributed by atoms with Gasteiger partial charge >= 0.3 is 6.18 Å². The second-order valence-electron chi connectivity index (χ2n) is 8.25. The molecule has 0 aliphatic heterocycles. The quantitative estimate of drug-likeness (QED) is 0.161. The van der Waals surface area contributed by atoms with Gasteiger partial charge in [-0.3, -0.25) is 9.78 Å². The minimum absolute atomic E-state index is 0.0403. The highest BCUT2D eigenvalue weighted by atomic mass is 19.4. The lowest BCUT2D eigenvalue weighted by Crippen LogP contribution is -2.26. The average Bonchev–Trinajstić information content (AvgIpc) is 2.92. The van der Waals surface area contributed by atoms with Gasteiger partial charge in [0.15, 0.2) is 0 Å². The Balaban J connectivity index is 1.66. The van der Waals surface area contributed by atoms with Crippen LogP contribution in [0.1, 0.15) is 32.6 Å². The molecule has 0 saturated heterocycles. The summed E-state index contributed by atoms with van der Waals surface area (Å²) in [7, 11) is 0. The SMILES string of the molecule is C=C(NC(=Nc1ccccc1C(=O)NCc1ccccc1C(F)(F)F)c1ccccc1N)c1cccnc1. The molecule has 4 aromatic rings. The summed E-state index contributed by atoms with van der Waals surface area (Å²) in [4.78, 5) is 21.9. The van der Waals surface area contributed by atoms with E-state index in [0.29, 0.717) is 28.5 Å². The van der Waals surface area contributed by atoms with Crippen LogP contribution in [0.2, 0.25) is 0 Å². The number of nitrogens with zero attached hydrogens (tertiary/aromatic N) is 2. The van der Waals surface area contributed by atoms with Crippen molar-refractivity contribution in [2.75, 3.05) is 5.73 Å². The van der Waals surface area contributed by atoms with Crippen molar-refractivity contribution in [2.45, 2.75) is 12.7 Å². The van der Waals surface area contributed by atoms with Gasteiger partial charge in [-0.1, -0.05) is 49.0 Å². The Labute approximate surface area is 217 Å². The van der Waals surface area contributed by atoms with Crippen molar-refractivity contribution in [1.29, 1.82) is 0 Å². The first-order valence-electron chi connectivity index (χ1n) is 11.6. The number of alkyl halides is 3. The number of benzene rings is 3. The second kappa shape index (κ2) is 11.4. The maximum Gasteiger partial charge on any atom is 0.416 e. The molecule has 9 heteroatoms. The van der Waals surface area contributed by atoms with Crippen LogP contribution in [0, 0.1) is 0 Å². The van der Waals surface area contributed by atoms with E-state index in [4.69, 9.17) is 10.7 Å². The summed E-state index contributed by atoms with van der Waals surface area (Å²) in [6.07, 6.45) is -1.25. The zero-order chi connectivity index (χ0) is 27.1. The zero-order valence-corrected chi connectivity index (χ0v) is 20.2. The number of hydrogen-bond acceptors (Lipinski definition) is 4. The number of aromatic nitrogens is 1. The van der Waals surface area contributed by atoms with Crippen LogP contribution in [-0.4, -0.2) is 16.7 Å². The van der Waals surface area contributed by atoms with Crippen LogP contribution in [0.15, 0.2) is 109 Å². The van der Waals surface area contributed by atoms with Crippen LogP contribution in [0.5, 0.6) is 0 Å². The molecule has 0 spiro atoms. The van der Waals surface area contributed by atoms with Gasteiger partial charge in [-0.05, 0) is 48.0 Å². The van der Waals surface area contributed by atoms with Crippen molar-refractivity contribution in [3.63, 3.8) is 0 Å². The average molecular weight is 516 g/mol. The highest BCUT2D eigenvalue weighted by Gasteiger charge is 2.32. The van der Waals surface area contributed by atoms with Crippen molar-refractivity contribution in [2.24, 2.45) is 4.99 Å². The van der Waals surface area contributed by atoms with Gasteiger partial charge in [-0.25, -0.2) is 4.99 Å². The van der Waals surface area contributed by atoms with Crippen LogP contribution in [0.3, 0.4) is 0 Å². The number of carbonyl (C=O) groups excluding carboxylic acids is 1. The number of nitrogens with one attached hydrogen (secondary N) is 2. The molecule has 1 amide bonds. The third-order valence-corrected chi connectivity index (χ3v) is 5.64. The molecule has 0 bridgehead atoms. The molecule has 0 atom stereocenters. The standard InChI is InChI=1S/C29H24F3N5O/c1-19(20-10-8-16-34-17-20)36-27(22-11-3-6-14-25(22)33)37-26-15-7-4-12-23(26)28(38)35-18-21-9-2-5-13-24(21)29(30,31)32/h2-17H,1,18,33H2,(H,35,38)(H,36,37). The van der Waals surface area contributed by atoms with Crippen molar-refractivity contribution in [1.82, 2.24) is 15.6 Å². The molecule has 0 unspecified atom stereocenters. The lowest BCUT2D eigenvalue weighted by atomic mass is 10.1. The van der Waals surface area contributed by atoms with Gasteiger partial charge in [-0.2, -0.15) is 13.2 Å². The Morgan fingerprint density at radius 3 is 2.32 bits per heavy atom. The number of hydrogen-bond donors (Lipinski definition) is 3. The highest BCUT2D eigenvalue weighted by molar-refractivity contribution is 6.09. The van der Waals surface area contributed by atoms with E-state index in [1.807, 2.05) is 6.07 Å². The molecule has 38 heavy (non-hydrogen) atoms. The van der Waals surface area contributed by atoms with E-state index in [2.05, 4.69) is 22.2 Å². The number of halogens is 3. The van der Waals surface area contributed by atoms with Gasteiger partial charge in [0.25, 0.3) is 5.91 Å². The number of para-hydroxylation sites is 2. The predicted molar refractivity (Wildman–Crippen MR) is 143 cm³/mol. The predicted octanol–water partition coefficient (Wildman–Crippen LogP) is 5.95. The number of nitrogen functional groups attached to an aromatic ring is 1. The van der Waals surface area contributed by atoms with E-state index in [1.165, 1.54) is 18.2 Å². The number of amidine groups is 1. The first-order valence-corrected chi connectivity index (χ1v) is 11.6. The van der Waals surface area contributed by atoms with Crippen LogP contribution in [0.25, 0.3) is 5.70 Å². The molecule has 4 rings (SSSR count).